The fourth-order valence-electron chi connectivity index (χ4n) is 2.01. The SMILES string of the molecule is CCOc1ccc(N)cc1COCc1ccc(OC)cc1. The van der Waals surface area contributed by atoms with Crippen molar-refractivity contribution in [2.75, 3.05) is 19.5 Å². The fraction of sp³-hybridized carbons (Fsp3) is 0.294. The van der Waals surface area contributed by atoms with E-state index in [1.165, 1.54) is 0 Å². The Morgan fingerprint density at radius 2 is 1.76 bits per heavy atom. The molecule has 0 aliphatic carbocycles. The molecule has 21 heavy (non-hydrogen) atoms. The lowest BCUT2D eigenvalue weighted by molar-refractivity contribution is 0.105. The van der Waals surface area contributed by atoms with Gasteiger partial charge in [-0.15, -0.1) is 0 Å². The number of hydrogen-bond donors (Lipinski definition) is 1. The van der Waals surface area contributed by atoms with Crippen LogP contribution in [0.1, 0.15) is 18.1 Å². The van der Waals surface area contributed by atoms with Gasteiger partial charge in [0.25, 0.3) is 0 Å². The van der Waals surface area contributed by atoms with E-state index < -0.39 is 0 Å². The van der Waals surface area contributed by atoms with Gasteiger partial charge in [0, 0.05) is 11.3 Å². The molecule has 0 fully saturated rings. The largest absolute Gasteiger partial charge is 0.497 e. The highest BCUT2D eigenvalue weighted by atomic mass is 16.5. The van der Waals surface area contributed by atoms with Crippen molar-refractivity contribution in [3.63, 3.8) is 0 Å². The highest BCUT2D eigenvalue weighted by Crippen LogP contribution is 2.23. The first-order chi connectivity index (χ1) is 10.2. The summed E-state index contributed by atoms with van der Waals surface area (Å²) in [6.45, 7) is 3.57. The number of nitrogens with two attached hydrogens (primary N) is 1. The Morgan fingerprint density at radius 1 is 1.00 bits per heavy atom. The maximum atomic E-state index is 5.81. The summed E-state index contributed by atoms with van der Waals surface area (Å²) < 4.78 is 16.4. The van der Waals surface area contributed by atoms with E-state index in [1.807, 2.05) is 49.4 Å². The molecule has 0 saturated heterocycles. The molecule has 0 unspecified atom stereocenters. The summed E-state index contributed by atoms with van der Waals surface area (Å²) in [5.74, 6) is 1.66. The van der Waals surface area contributed by atoms with Crippen LogP contribution in [0, 0.1) is 0 Å². The average molecular weight is 287 g/mol. The molecule has 0 aliphatic heterocycles. The first-order valence-electron chi connectivity index (χ1n) is 6.94. The summed E-state index contributed by atoms with van der Waals surface area (Å²) in [7, 11) is 1.65. The molecular formula is C17H21NO3. The van der Waals surface area contributed by atoms with Gasteiger partial charge in [-0.1, -0.05) is 12.1 Å². The Morgan fingerprint density at radius 3 is 2.43 bits per heavy atom. The van der Waals surface area contributed by atoms with Crippen molar-refractivity contribution in [2.24, 2.45) is 0 Å². The van der Waals surface area contributed by atoms with Gasteiger partial charge in [-0.05, 0) is 42.8 Å². The zero-order chi connectivity index (χ0) is 15.1. The Hall–Kier alpha value is -2.20. The van der Waals surface area contributed by atoms with E-state index in [4.69, 9.17) is 19.9 Å². The zero-order valence-corrected chi connectivity index (χ0v) is 12.5. The second-order valence-corrected chi connectivity index (χ2v) is 4.64. The van der Waals surface area contributed by atoms with Crippen LogP contribution in [-0.4, -0.2) is 13.7 Å². The fourth-order valence-corrected chi connectivity index (χ4v) is 2.01. The molecule has 0 bridgehead atoms. The number of ether oxygens (including phenoxy) is 3. The summed E-state index contributed by atoms with van der Waals surface area (Å²) in [6.07, 6.45) is 0. The number of rotatable bonds is 7. The Bertz CT molecular complexity index is 567. The molecule has 0 aliphatic rings. The Labute approximate surface area is 125 Å². The molecule has 0 spiro atoms. The first-order valence-corrected chi connectivity index (χ1v) is 6.94. The molecule has 2 aromatic carbocycles. The topological polar surface area (TPSA) is 53.7 Å². The summed E-state index contributed by atoms with van der Waals surface area (Å²) in [5, 5.41) is 0. The summed E-state index contributed by atoms with van der Waals surface area (Å²) in [5.41, 5.74) is 8.58. The van der Waals surface area contributed by atoms with E-state index >= 15 is 0 Å². The van der Waals surface area contributed by atoms with Crippen LogP contribution in [0.4, 0.5) is 5.69 Å². The summed E-state index contributed by atoms with van der Waals surface area (Å²) in [6, 6.07) is 13.4. The first kappa shape index (κ1) is 15.2. The maximum Gasteiger partial charge on any atom is 0.124 e. The van der Waals surface area contributed by atoms with Crippen molar-refractivity contribution in [1.29, 1.82) is 0 Å². The molecule has 0 amide bonds. The molecule has 2 N–H and O–H groups in total. The van der Waals surface area contributed by atoms with E-state index in [0.717, 1.165) is 22.6 Å². The minimum Gasteiger partial charge on any atom is -0.497 e. The van der Waals surface area contributed by atoms with Crippen LogP contribution in [0.3, 0.4) is 0 Å². The van der Waals surface area contributed by atoms with Crippen molar-refractivity contribution >= 4 is 5.69 Å². The van der Waals surface area contributed by atoms with Gasteiger partial charge < -0.3 is 19.9 Å². The third-order valence-corrected chi connectivity index (χ3v) is 3.07. The molecular weight excluding hydrogens is 266 g/mol. The molecule has 0 saturated carbocycles. The third kappa shape index (κ3) is 4.39. The van der Waals surface area contributed by atoms with Crippen LogP contribution >= 0.6 is 0 Å². The van der Waals surface area contributed by atoms with Crippen molar-refractivity contribution in [3.8, 4) is 11.5 Å². The van der Waals surface area contributed by atoms with Gasteiger partial charge in [0.2, 0.25) is 0 Å². The van der Waals surface area contributed by atoms with Gasteiger partial charge in [-0.25, -0.2) is 0 Å². The minimum absolute atomic E-state index is 0.465. The molecule has 0 aromatic heterocycles. The third-order valence-electron chi connectivity index (χ3n) is 3.07. The number of benzene rings is 2. The van der Waals surface area contributed by atoms with Crippen LogP contribution in [0.25, 0.3) is 0 Å². The minimum atomic E-state index is 0.465. The predicted octanol–water partition coefficient (Wildman–Crippen LogP) is 3.39. The molecule has 0 atom stereocenters. The second-order valence-electron chi connectivity index (χ2n) is 4.64. The number of hydrogen-bond acceptors (Lipinski definition) is 4. The normalized spacial score (nSPS) is 10.4. The molecule has 2 aromatic rings. The van der Waals surface area contributed by atoms with Crippen molar-refractivity contribution in [2.45, 2.75) is 20.1 Å². The van der Waals surface area contributed by atoms with E-state index in [9.17, 15) is 0 Å². The standard InChI is InChI=1S/C17H21NO3/c1-3-21-17-9-6-15(18)10-14(17)12-20-11-13-4-7-16(19-2)8-5-13/h4-10H,3,11-12,18H2,1-2H3. The second kappa shape index (κ2) is 7.55. The van der Waals surface area contributed by atoms with Crippen molar-refractivity contribution in [3.05, 3.63) is 53.6 Å². The van der Waals surface area contributed by atoms with E-state index in [2.05, 4.69) is 0 Å². The number of nitrogen functional groups attached to an aromatic ring is 1. The monoisotopic (exact) mass is 287 g/mol. The quantitative estimate of drug-likeness (QED) is 0.793. The maximum absolute atomic E-state index is 5.81. The van der Waals surface area contributed by atoms with Gasteiger partial charge in [0.15, 0.2) is 0 Å². The predicted molar refractivity (Wildman–Crippen MR) is 83.5 cm³/mol. The average Bonchev–Trinajstić information content (AvgIpc) is 2.51. The van der Waals surface area contributed by atoms with Crippen LogP contribution in [0.5, 0.6) is 11.5 Å². The van der Waals surface area contributed by atoms with E-state index in [-0.39, 0.29) is 0 Å². The molecule has 4 nitrogen and oxygen atoms in total. The summed E-state index contributed by atoms with van der Waals surface area (Å²) >= 11 is 0. The van der Waals surface area contributed by atoms with E-state index in [0.29, 0.717) is 25.5 Å². The van der Waals surface area contributed by atoms with Crippen molar-refractivity contribution in [1.82, 2.24) is 0 Å². The van der Waals surface area contributed by atoms with Gasteiger partial charge >= 0.3 is 0 Å². The van der Waals surface area contributed by atoms with Gasteiger partial charge in [0.05, 0.1) is 26.9 Å². The lowest BCUT2D eigenvalue weighted by Gasteiger charge is -2.11. The van der Waals surface area contributed by atoms with Crippen LogP contribution in [0.15, 0.2) is 42.5 Å². The molecule has 0 radical (unpaired) electrons. The number of anilines is 1. The smallest absolute Gasteiger partial charge is 0.124 e. The van der Waals surface area contributed by atoms with Crippen LogP contribution in [-0.2, 0) is 18.0 Å². The summed E-state index contributed by atoms with van der Waals surface area (Å²) in [4.78, 5) is 0. The zero-order valence-electron chi connectivity index (χ0n) is 12.5. The Balaban J connectivity index is 1.94. The van der Waals surface area contributed by atoms with Crippen LogP contribution < -0.4 is 15.2 Å². The van der Waals surface area contributed by atoms with Crippen LogP contribution in [0.2, 0.25) is 0 Å². The van der Waals surface area contributed by atoms with Gasteiger partial charge in [-0.3, -0.25) is 0 Å². The lowest BCUT2D eigenvalue weighted by atomic mass is 10.2. The molecule has 2 rings (SSSR count). The molecule has 112 valence electrons. The van der Waals surface area contributed by atoms with Gasteiger partial charge in [0.1, 0.15) is 11.5 Å². The Kier molecular flexibility index (Phi) is 5.46. The highest BCUT2D eigenvalue weighted by molar-refractivity contribution is 5.47. The highest BCUT2D eigenvalue weighted by Gasteiger charge is 2.05. The molecule has 0 heterocycles. The lowest BCUT2D eigenvalue weighted by Crippen LogP contribution is -2.01. The van der Waals surface area contributed by atoms with Crippen molar-refractivity contribution < 1.29 is 14.2 Å². The van der Waals surface area contributed by atoms with Gasteiger partial charge in [-0.2, -0.15) is 0 Å². The molecule has 4 heteroatoms. The van der Waals surface area contributed by atoms with E-state index in [1.54, 1.807) is 7.11 Å². The number of methoxy groups -OCH3 is 1.